The Hall–Kier alpha value is -1.87. The van der Waals surface area contributed by atoms with Crippen LogP contribution < -0.4 is 0 Å². The molecule has 0 saturated carbocycles. The van der Waals surface area contributed by atoms with Crippen molar-refractivity contribution in [3.05, 3.63) is 54.1 Å². The highest BCUT2D eigenvalue weighted by atomic mass is 32.1. The van der Waals surface area contributed by atoms with E-state index in [0.717, 1.165) is 17.1 Å². The van der Waals surface area contributed by atoms with Gasteiger partial charge in [0.15, 0.2) is 5.76 Å². The van der Waals surface area contributed by atoms with Crippen molar-refractivity contribution in [1.82, 2.24) is 4.98 Å². The lowest BCUT2D eigenvalue weighted by atomic mass is 10.2. The van der Waals surface area contributed by atoms with Gasteiger partial charge in [0.1, 0.15) is 5.69 Å². The number of furan rings is 1. The van der Waals surface area contributed by atoms with Gasteiger partial charge in [0.25, 0.3) is 0 Å². The second kappa shape index (κ2) is 3.94. The highest BCUT2D eigenvalue weighted by Gasteiger charge is 2.05. The molecule has 2 nitrogen and oxygen atoms in total. The molecule has 3 rings (SSSR count). The monoisotopic (exact) mass is 227 g/mol. The number of hydrogen-bond donors (Lipinski definition) is 0. The van der Waals surface area contributed by atoms with Crippen LogP contribution >= 0.6 is 11.3 Å². The predicted molar refractivity (Wildman–Crippen MR) is 65.3 cm³/mol. The molecule has 0 saturated heterocycles. The van der Waals surface area contributed by atoms with Crippen molar-refractivity contribution < 1.29 is 4.42 Å². The summed E-state index contributed by atoms with van der Waals surface area (Å²) < 4.78 is 5.33. The van der Waals surface area contributed by atoms with Crippen LogP contribution in [-0.2, 0) is 0 Å². The van der Waals surface area contributed by atoms with Crippen LogP contribution in [-0.4, -0.2) is 4.98 Å². The fraction of sp³-hybridized carbons (Fsp3) is 0. The maximum atomic E-state index is 5.33. The van der Waals surface area contributed by atoms with Crippen molar-refractivity contribution in [3.8, 4) is 22.0 Å². The molecule has 16 heavy (non-hydrogen) atoms. The predicted octanol–water partition coefficient (Wildman–Crippen LogP) is 4.07. The Bertz CT molecular complexity index is 520. The molecule has 0 unspecified atom stereocenters. The van der Waals surface area contributed by atoms with Gasteiger partial charge in [-0.3, -0.25) is 0 Å². The molecule has 0 atom stereocenters. The fourth-order valence-electron chi connectivity index (χ4n) is 1.56. The minimum Gasteiger partial charge on any atom is -0.463 e. The van der Waals surface area contributed by atoms with Crippen LogP contribution in [0.5, 0.6) is 0 Å². The Morgan fingerprint density at radius 1 is 0.938 bits per heavy atom. The second-order valence-corrected chi connectivity index (χ2v) is 4.31. The summed E-state index contributed by atoms with van der Waals surface area (Å²) in [4.78, 5) is 5.75. The zero-order valence-corrected chi connectivity index (χ0v) is 9.28. The summed E-state index contributed by atoms with van der Waals surface area (Å²) in [6, 6.07) is 13.9. The molecule has 0 radical (unpaired) electrons. The highest BCUT2D eigenvalue weighted by molar-refractivity contribution is 7.13. The van der Waals surface area contributed by atoms with Crippen molar-refractivity contribution >= 4 is 11.3 Å². The zero-order chi connectivity index (χ0) is 10.8. The molecule has 0 aliphatic carbocycles. The van der Waals surface area contributed by atoms with Crippen LogP contribution in [0.3, 0.4) is 0 Å². The summed E-state index contributed by atoms with van der Waals surface area (Å²) in [7, 11) is 0. The minimum atomic E-state index is 0.804. The molecule has 0 aliphatic heterocycles. The molecule has 3 aromatic heterocycles. The van der Waals surface area contributed by atoms with Crippen LogP contribution in [0, 0.1) is 0 Å². The van der Waals surface area contributed by atoms with Crippen molar-refractivity contribution in [2.24, 2.45) is 0 Å². The molecule has 0 N–H and O–H groups in total. The van der Waals surface area contributed by atoms with Crippen LogP contribution in [0.2, 0.25) is 0 Å². The molecule has 3 heteroatoms. The Balaban J connectivity index is 2.07. The molecular formula is C13H9NOS. The molecule has 0 amide bonds. The van der Waals surface area contributed by atoms with Gasteiger partial charge in [0.2, 0.25) is 0 Å². The Morgan fingerprint density at radius 3 is 2.62 bits per heavy atom. The van der Waals surface area contributed by atoms with Crippen molar-refractivity contribution in [1.29, 1.82) is 0 Å². The first-order valence-corrected chi connectivity index (χ1v) is 5.86. The summed E-state index contributed by atoms with van der Waals surface area (Å²) in [5.74, 6) is 0.804. The zero-order valence-electron chi connectivity index (χ0n) is 8.46. The van der Waals surface area contributed by atoms with E-state index in [0.29, 0.717) is 0 Å². The van der Waals surface area contributed by atoms with E-state index in [1.54, 1.807) is 17.6 Å². The smallest absolute Gasteiger partial charge is 0.152 e. The maximum Gasteiger partial charge on any atom is 0.152 e. The number of rotatable bonds is 2. The third-order valence-electron chi connectivity index (χ3n) is 2.30. The molecule has 3 aromatic rings. The molecule has 0 spiro atoms. The molecule has 0 aliphatic rings. The Labute approximate surface area is 97.2 Å². The van der Waals surface area contributed by atoms with Crippen LogP contribution in [0.25, 0.3) is 22.0 Å². The average Bonchev–Trinajstić information content (AvgIpc) is 3.03. The first kappa shape index (κ1) is 9.36. The van der Waals surface area contributed by atoms with Crippen LogP contribution in [0.15, 0.2) is 58.5 Å². The number of pyridine rings is 1. The summed E-state index contributed by atoms with van der Waals surface area (Å²) >= 11 is 1.69. The van der Waals surface area contributed by atoms with Crippen molar-refractivity contribution in [2.45, 2.75) is 0 Å². The highest BCUT2D eigenvalue weighted by Crippen LogP contribution is 2.25. The lowest BCUT2D eigenvalue weighted by molar-refractivity contribution is 0.580. The van der Waals surface area contributed by atoms with Gasteiger partial charge in [0, 0.05) is 0 Å². The van der Waals surface area contributed by atoms with Gasteiger partial charge >= 0.3 is 0 Å². The third kappa shape index (κ3) is 1.66. The number of thiophene rings is 1. The molecular weight excluding hydrogens is 218 g/mol. The average molecular weight is 227 g/mol. The van der Waals surface area contributed by atoms with E-state index >= 15 is 0 Å². The van der Waals surface area contributed by atoms with Gasteiger partial charge in [-0.2, -0.15) is 0 Å². The topological polar surface area (TPSA) is 26.0 Å². The summed E-state index contributed by atoms with van der Waals surface area (Å²) in [5, 5.41) is 2.05. The standard InChI is InChI=1S/C13H9NOS/c1-4-10(12-6-2-8-15-12)14-11(5-1)13-7-3-9-16-13/h1-9H. The van der Waals surface area contributed by atoms with Gasteiger partial charge < -0.3 is 4.42 Å². The maximum absolute atomic E-state index is 5.33. The fourth-order valence-corrected chi connectivity index (χ4v) is 2.25. The quantitative estimate of drug-likeness (QED) is 0.659. The molecule has 0 bridgehead atoms. The van der Waals surface area contributed by atoms with E-state index < -0.39 is 0 Å². The SMILES string of the molecule is c1cc(-c2ccco2)nc(-c2cccs2)c1. The van der Waals surface area contributed by atoms with E-state index in [-0.39, 0.29) is 0 Å². The largest absolute Gasteiger partial charge is 0.463 e. The normalized spacial score (nSPS) is 10.5. The second-order valence-electron chi connectivity index (χ2n) is 3.36. The van der Waals surface area contributed by atoms with E-state index in [1.165, 1.54) is 4.88 Å². The Morgan fingerprint density at radius 2 is 1.88 bits per heavy atom. The van der Waals surface area contributed by atoms with E-state index in [1.807, 2.05) is 36.4 Å². The molecule has 3 heterocycles. The third-order valence-corrected chi connectivity index (χ3v) is 3.19. The lowest BCUT2D eigenvalue weighted by Gasteiger charge is -1.99. The first-order chi connectivity index (χ1) is 7.93. The van der Waals surface area contributed by atoms with E-state index in [2.05, 4.69) is 16.4 Å². The van der Waals surface area contributed by atoms with Gasteiger partial charge in [-0.1, -0.05) is 12.1 Å². The molecule has 78 valence electrons. The lowest BCUT2D eigenvalue weighted by Crippen LogP contribution is -1.83. The first-order valence-electron chi connectivity index (χ1n) is 4.98. The van der Waals surface area contributed by atoms with E-state index in [9.17, 15) is 0 Å². The Kier molecular flexibility index (Phi) is 2.31. The van der Waals surface area contributed by atoms with Gasteiger partial charge in [-0.25, -0.2) is 4.98 Å². The number of aromatic nitrogens is 1. The minimum absolute atomic E-state index is 0.804. The number of nitrogens with zero attached hydrogens (tertiary/aromatic N) is 1. The van der Waals surface area contributed by atoms with Gasteiger partial charge in [0.05, 0.1) is 16.8 Å². The van der Waals surface area contributed by atoms with Gasteiger partial charge in [-0.15, -0.1) is 11.3 Å². The van der Waals surface area contributed by atoms with Crippen molar-refractivity contribution in [2.75, 3.05) is 0 Å². The van der Waals surface area contributed by atoms with E-state index in [4.69, 9.17) is 4.42 Å². The van der Waals surface area contributed by atoms with Gasteiger partial charge in [-0.05, 0) is 35.7 Å². The van der Waals surface area contributed by atoms with Crippen LogP contribution in [0.1, 0.15) is 0 Å². The van der Waals surface area contributed by atoms with Crippen LogP contribution in [0.4, 0.5) is 0 Å². The number of hydrogen-bond acceptors (Lipinski definition) is 3. The molecule has 0 fully saturated rings. The molecule has 0 aromatic carbocycles. The summed E-state index contributed by atoms with van der Waals surface area (Å²) in [5.41, 5.74) is 1.86. The van der Waals surface area contributed by atoms with Crippen molar-refractivity contribution in [3.63, 3.8) is 0 Å². The summed E-state index contributed by atoms with van der Waals surface area (Å²) in [6.45, 7) is 0. The summed E-state index contributed by atoms with van der Waals surface area (Å²) in [6.07, 6.45) is 1.66.